The second-order valence-corrected chi connectivity index (χ2v) is 6.03. The lowest BCUT2D eigenvalue weighted by Crippen LogP contribution is -2.32. The van der Waals surface area contributed by atoms with Gasteiger partial charge in [-0.3, -0.25) is 0 Å². The van der Waals surface area contributed by atoms with Crippen molar-refractivity contribution in [2.75, 3.05) is 33.0 Å². The Kier molecular flexibility index (Phi) is 12.9. The van der Waals surface area contributed by atoms with Crippen LogP contribution in [-0.4, -0.2) is 55.2 Å². The van der Waals surface area contributed by atoms with Crippen molar-refractivity contribution in [3.05, 3.63) is 0 Å². The summed E-state index contributed by atoms with van der Waals surface area (Å²) in [5, 5.41) is 2.58. The van der Waals surface area contributed by atoms with Crippen molar-refractivity contribution in [3.63, 3.8) is 0 Å². The summed E-state index contributed by atoms with van der Waals surface area (Å²) in [6, 6.07) is -0.510. The number of hydrogen-bond donors (Lipinski definition) is 2. The van der Waals surface area contributed by atoms with Gasteiger partial charge >= 0.3 is 6.03 Å². The van der Waals surface area contributed by atoms with Crippen LogP contribution in [0.3, 0.4) is 0 Å². The molecule has 3 N–H and O–H groups in total. The first-order valence-electron chi connectivity index (χ1n) is 7.09. The van der Waals surface area contributed by atoms with Crippen LogP contribution in [0.2, 0.25) is 5.54 Å². The van der Waals surface area contributed by atoms with E-state index in [9.17, 15) is 4.79 Å². The summed E-state index contributed by atoms with van der Waals surface area (Å²) >= 11 is 0. The molecule has 20 heavy (non-hydrogen) atoms. The summed E-state index contributed by atoms with van der Waals surface area (Å²) in [7, 11) is -0.719. The van der Waals surface area contributed by atoms with Gasteiger partial charge in [-0.05, 0) is 32.7 Å². The minimum absolute atomic E-state index is 0.283. The van der Waals surface area contributed by atoms with Crippen LogP contribution in [0.25, 0.3) is 0 Å². The molecular weight excluding hydrogens is 280 g/mol. The monoisotopic (exact) mass is 308 g/mol. The number of primary amides is 1. The molecule has 0 aliphatic rings. The first kappa shape index (κ1) is 19.3. The number of hydrogen-bond acceptors (Lipinski definition) is 5. The van der Waals surface area contributed by atoms with Crippen molar-refractivity contribution in [2.45, 2.75) is 39.2 Å². The molecule has 1 unspecified atom stereocenters. The van der Waals surface area contributed by atoms with E-state index in [0.717, 1.165) is 6.42 Å². The van der Waals surface area contributed by atoms with Crippen molar-refractivity contribution < 1.29 is 23.4 Å². The molecule has 1 atom stereocenters. The molecule has 2 amide bonds. The number of urea groups is 1. The minimum Gasteiger partial charge on any atom is -0.424 e. The fourth-order valence-corrected chi connectivity index (χ4v) is 2.70. The van der Waals surface area contributed by atoms with Crippen LogP contribution < -0.4 is 11.1 Å². The maximum atomic E-state index is 10.7. The molecule has 0 radical (unpaired) electrons. The van der Waals surface area contributed by atoms with Gasteiger partial charge in [0.1, 0.15) is 0 Å². The third-order valence-corrected chi connectivity index (χ3v) is 4.24. The van der Waals surface area contributed by atoms with E-state index in [2.05, 4.69) is 5.32 Å². The largest absolute Gasteiger partial charge is 0.424 e. The van der Waals surface area contributed by atoms with Crippen LogP contribution in [0, 0.1) is 0 Å². The van der Waals surface area contributed by atoms with Crippen LogP contribution in [-0.2, 0) is 18.6 Å². The quantitative estimate of drug-likeness (QED) is 0.378. The summed E-state index contributed by atoms with van der Waals surface area (Å²) in [5.74, 6) is 0. The van der Waals surface area contributed by atoms with Crippen LogP contribution in [0.4, 0.5) is 4.79 Å². The summed E-state index contributed by atoms with van der Waals surface area (Å²) in [6.45, 7) is 7.89. The molecule has 0 aliphatic carbocycles. The van der Waals surface area contributed by atoms with Gasteiger partial charge < -0.3 is 29.7 Å². The number of amides is 2. The normalized spacial score (nSPS) is 13.2. The Bertz CT molecular complexity index is 240. The van der Waals surface area contributed by atoms with Crippen molar-refractivity contribution in [1.29, 1.82) is 0 Å². The molecule has 0 saturated heterocycles. The van der Waals surface area contributed by atoms with Crippen LogP contribution in [0.1, 0.15) is 27.2 Å². The number of carbonyl (C=O) groups excluding carboxylic acids is 1. The second kappa shape index (κ2) is 13.3. The smallest absolute Gasteiger partial charge is 0.312 e. The zero-order valence-electron chi connectivity index (χ0n) is 12.7. The number of carbonyl (C=O) groups is 1. The van der Waals surface area contributed by atoms with Gasteiger partial charge in [-0.25, -0.2) is 4.79 Å². The molecule has 0 rings (SSSR count). The Morgan fingerprint density at radius 3 is 2.30 bits per heavy atom. The molecule has 0 bridgehead atoms. The highest BCUT2D eigenvalue weighted by molar-refractivity contribution is 6.29. The number of nitrogens with one attached hydrogen (secondary N) is 1. The van der Waals surface area contributed by atoms with Crippen molar-refractivity contribution in [2.24, 2.45) is 5.73 Å². The standard InChI is InChI=1S/C12H28N2O5Si/c1-4-16-12(17-5-2)18-9-10(20-19-6-3)7-8-14-11(13)15/h10,12H,4-9,20H2,1-3H3,(H3,13,14,15). The Labute approximate surface area is 123 Å². The number of ether oxygens (including phenoxy) is 3. The highest BCUT2D eigenvalue weighted by atomic mass is 28.2. The Balaban J connectivity index is 4.07. The van der Waals surface area contributed by atoms with E-state index < -0.39 is 22.3 Å². The van der Waals surface area contributed by atoms with Crippen molar-refractivity contribution in [3.8, 4) is 0 Å². The summed E-state index contributed by atoms with van der Waals surface area (Å²) in [6.07, 6.45) is 0.778. The fourth-order valence-electron chi connectivity index (χ4n) is 1.53. The first-order chi connectivity index (χ1) is 9.63. The van der Waals surface area contributed by atoms with Crippen LogP contribution >= 0.6 is 0 Å². The van der Waals surface area contributed by atoms with Gasteiger partial charge in [-0.1, -0.05) is 0 Å². The number of rotatable bonds is 13. The van der Waals surface area contributed by atoms with Gasteiger partial charge in [0.25, 0.3) is 6.48 Å². The highest BCUT2D eigenvalue weighted by Gasteiger charge is 2.15. The maximum Gasteiger partial charge on any atom is 0.312 e. The molecule has 0 aliphatic heterocycles. The summed E-state index contributed by atoms with van der Waals surface area (Å²) in [5.41, 5.74) is 5.32. The van der Waals surface area contributed by atoms with E-state index >= 15 is 0 Å². The Hall–Kier alpha value is -0.673. The molecule has 0 aromatic rings. The first-order valence-corrected chi connectivity index (χ1v) is 8.49. The van der Waals surface area contributed by atoms with E-state index in [1.165, 1.54) is 0 Å². The molecule has 0 saturated carbocycles. The zero-order valence-corrected chi connectivity index (χ0v) is 14.1. The van der Waals surface area contributed by atoms with Crippen molar-refractivity contribution in [1.82, 2.24) is 5.32 Å². The third kappa shape index (κ3) is 11.2. The third-order valence-electron chi connectivity index (χ3n) is 2.48. The lowest BCUT2D eigenvalue weighted by atomic mass is 10.3. The lowest BCUT2D eigenvalue weighted by molar-refractivity contribution is -0.284. The SMILES string of the molecule is CCO[SiH2]C(CCNC(N)=O)COC(OCC)OCC. The maximum absolute atomic E-state index is 10.7. The molecule has 7 nitrogen and oxygen atoms in total. The topological polar surface area (TPSA) is 92.0 Å². The fraction of sp³-hybridized carbons (Fsp3) is 0.917. The average Bonchev–Trinajstić information content (AvgIpc) is 2.41. The van der Waals surface area contributed by atoms with E-state index in [1.807, 2.05) is 20.8 Å². The lowest BCUT2D eigenvalue weighted by Gasteiger charge is -2.21. The van der Waals surface area contributed by atoms with Gasteiger partial charge in [0.05, 0.1) is 6.61 Å². The van der Waals surface area contributed by atoms with Crippen molar-refractivity contribution >= 4 is 15.8 Å². The second-order valence-electron chi connectivity index (χ2n) is 4.14. The molecule has 8 heteroatoms. The molecule has 0 fully saturated rings. The molecule has 0 aromatic heterocycles. The average molecular weight is 308 g/mol. The molecule has 0 spiro atoms. The molecule has 120 valence electrons. The van der Waals surface area contributed by atoms with E-state index in [4.69, 9.17) is 24.4 Å². The predicted molar refractivity (Wildman–Crippen MR) is 79.1 cm³/mol. The molecular formula is C12H28N2O5Si. The molecule has 0 heterocycles. The van der Waals surface area contributed by atoms with Crippen LogP contribution in [0.5, 0.6) is 0 Å². The summed E-state index contributed by atoms with van der Waals surface area (Å²) < 4.78 is 21.8. The minimum atomic E-state index is -0.719. The highest BCUT2D eigenvalue weighted by Crippen LogP contribution is 2.12. The van der Waals surface area contributed by atoms with E-state index in [0.29, 0.717) is 33.0 Å². The van der Waals surface area contributed by atoms with Gasteiger partial charge in [-0.2, -0.15) is 0 Å². The molecule has 0 aromatic carbocycles. The van der Waals surface area contributed by atoms with E-state index in [-0.39, 0.29) is 5.54 Å². The number of nitrogens with two attached hydrogens (primary N) is 1. The van der Waals surface area contributed by atoms with Gasteiger partial charge in [-0.15, -0.1) is 0 Å². The van der Waals surface area contributed by atoms with Crippen LogP contribution in [0.15, 0.2) is 0 Å². The van der Waals surface area contributed by atoms with Gasteiger partial charge in [0, 0.05) is 26.4 Å². The van der Waals surface area contributed by atoms with E-state index in [1.54, 1.807) is 0 Å². The summed E-state index contributed by atoms with van der Waals surface area (Å²) in [4.78, 5) is 10.7. The van der Waals surface area contributed by atoms with Gasteiger partial charge in [0.15, 0.2) is 9.76 Å². The Morgan fingerprint density at radius 1 is 1.15 bits per heavy atom. The Morgan fingerprint density at radius 2 is 1.80 bits per heavy atom. The predicted octanol–water partition coefficient (Wildman–Crippen LogP) is 0.327. The zero-order chi connectivity index (χ0) is 15.2. The van der Waals surface area contributed by atoms with Gasteiger partial charge in [0.2, 0.25) is 0 Å².